The van der Waals surface area contributed by atoms with Crippen molar-refractivity contribution in [2.75, 3.05) is 30.4 Å². The zero-order valence-corrected chi connectivity index (χ0v) is 11.5. The Hall–Kier alpha value is -2.37. The molecule has 1 N–H and O–H groups in total. The fourth-order valence-electron chi connectivity index (χ4n) is 2.49. The summed E-state index contributed by atoms with van der Waals surface area (Å²) in [5, 5.41) is 2.78. The predicted octanol–water partition coefficient (Wildman–Crippen LogP) is 1.30. The number of anilines is 2. The van der Waals surface area contributed by atoms with E-state index < -0.39 is 0 Å². The highest BCUT2D eigenvalue weighted by Crippen LogP contribution is 2.31. The molecule has 6 nitrogen and oxygen atoms in total. The summed E-state index contributed by atoms with van der Waals surface area (Å²) in [4.78, 5) is 31.8. The predicted molar refractivity (Wildman–Crippen MR) is 77.1 cm³/mol. The summed E-state index contributed by atoms with van der Waals surface area (Å²) < 4.78 is 0. The number of nitrogens with one attached hydrogen (secondary N) is 1. The Labute approximate surface area is 117 Å². The Balaban J connectivity index is 2.01. The molecule has 104 valence electrons. The van der Waals surface area contributed by atoms with Gasteiger partial charge in [0.05, 0.1) is 17.8 Å². The zero-order chi connectivity index (χ0) is 14.3. The van der Waals surface area contributed by atoms with Crippen LogP contribution < -0.4 is 10.2 Å². The summed E-state index contributed by atoms with van der Waals surface area (Å²) in [6, 6.07) is 5.42. The van der Waals surface area contributed by atoms with Crippen LogP contribution in [0.3, 0.4) is 0 Å². The van der Waals surface area contributed by atoms with E-state index in [-0.39, 0.29) is 11.8 Å². The lowest BCUT2D eigenvalue weighted by atomic mass is 10.1. The molecule has 20 heavy (non-hydrogen) atoms. The summed E-state index contributed by atoms with van der Waals surface area (Å²) >= 11 is 0. The average Bonchev–Trinajstić information content (AvgIpc) is 2.94. The van der Waals surface area contributed by atoms with Gasteiger partial charge in [-0.2, -0.15) is 0 Å². The van der Waals surface area contributed by atoms with E-state index in [0.717, 1.165) is 12.2 Å². The van der Waals surface area contributed by atoms with Crippen LogP contribution in [-0.4, -0.2) is 42.8 Å². The molecule has 3 rings (SSSR count). The standard InChI is InChI=1S/C14H16N4O2/c1-3-12(19)16-9-4-5-11-10(8-9)13(20)17(2)14-15-6-7-18(11)14/h4-5,8H,3,6-7H2,1-2H3,(H,16,19). The monoisotopic (exact) mass is 272 g/mol. The number of amides is 2. The largest absolute Gasteiger partial charge is 0.326 e. The van der Waals surface area contributed by atoms with Crippen molar-refractivity contribution in [3.63, 3.8) is 0 Å². The van der Waals surface area contributed by atoms with Crippen molar-refractivity contribution in [2.45, 2.75) is 13.3 Å². The lowest BCUT2D eigenvalue weighted by molar-refractivity contribution is -0.115. The number of carbonyl (C=O) groups is 2. The summed E-state index contributed by atoms with van der Waals surface area (Å²) in [5.41, 5.74) is 2.11. The van der Waals surface area contributed by atoms with Crippen molar-refractivity contribution < 1.29 is 9.59 Å². The molecule has 0 atom stereocenters. The molecule has 0 saturated carbocycles. The van der Waals surface area contributed by atoms with Crippen LogP contribution in [0.5, 0.6) is 0 Å². The summed E-state index contributed by atoms with van der Waals surface area (Å²) in [7, 11) is 1.72. The SMILES string of the molecule is CCC(=O)Nc1ccc2c(c1)C(=O)N(C)C1=NCCN12. The van der Waals surface area contributed by atoms with Crippen molar-refractivity contribution in [2.24, 2.45) is 4.99 Å². The number of hydrogen-bond acceptors (Lipinski definition) is 4. The van der Waals surface area contributed by atoms with E-state index in [2.05, 4.69) is 10.3 Å². The molecule has 2 heterocycles. The highest BCUT2D eigenvalue weighted by Gasteiger charge is 2.34. The van der Waals surface area contributed by atoms with Gasteiger partial charge < -0.3 is 10.2 Å². The first-order valence-corrected chi connectivity index (χ1v) is 6.65. The third-order valence-corrected chi connectivity index (χ3v) is 3.55. The van der Waals surface area contributed by atoms with Crippen LogP contribution in [0, 0.1) is 0 Å². The first kappa shape index (κ1) is 12.7. The van der Waals surface area contributed by atoms with E-state index >= 15 is 0 Å². The highest BCUT2D eigenvalue weighted by atomic mass is 16.2. The fourth-order valence-corrected chi connectivity index (χ4v) is 2.49. The van der Waals surface area contributed by atoms with E-state index in [1.807, 2.05) is 17.0 Å². The van der Waals surface area contributed by atoms with Crippen LogP contribution in [0.4, 0.5) is 11.4 Å². The van der Waals surface area contributed by atoms with Crippen LogP contribution in [0.2, 0.25) is 0 Å². The molecule has 0 radical (unpaired) electrons. The normalized spacial score (nSPS) is 16.7. The van der Waals surface area contributed by atoms with Crippen molar-refractivity contribution in [1.82, 2.24) is 4.90 Å². The maximum absolute atomic E-state index is 12.4. The second-order valence-corrected chi connectivity index (χ2v) is 4.83. The van der Waals surface area contributed by atoms with Gasteiger partial charge >= 0.3 is 0 Å². The second kappa shape index (κ2) is 4.63. The van der Waals surface area contributed by atoms with Gasteiger partial charge in [-0.1, -0.05) is 6.92 Å². The molecule has 0 saturated heterocycles. The molecule has 2 aliphatic heterocycles. The molecular formula is C14H16N4O2. The van der Waals surface area contributed by atoms with E-state index in [0.29, 0.717) is 30.2 Å². The molecule has 0 bridgehead atoms. The Morgan fingerprint density at radius 2 is 2.25 bits per heavy atom. The minimum Gasteiger partial charge on any atom is -0.326 e. The molecule has 0 aromatic heterocycles. The summed E-state index contributed by atoms with van der Waals surface area (Å²) in [6.07, 6.45) is 0.411. The number of aliphatic imine (C=N–C) groups is 1. The fraction of sp³-hybridized carbons (Fsp3) is 0.357. The molecule has 0 unspecified atom stereocenters. The molecule has 2 aliphatic rings. The van der Waals surface area contributed by atoms with Crippen molar-refractivity contribution >= 4 is 29.1 Å². The third kappa shape index (κ3) is 1.84. The van der Waals surface area contributed by atoms with Crippen LogP contribution in [0.1, 0.15) is 23.7 Å². The molecule has 6 heteroatoms. The zero-order valence-electron chi connectivity index (χ0n) is 11.5. The molecule has 0 aliphatic carbocycles. The average molecular weight is 272 g/mol. The second-order valence-electron chi connectivity index (χ2n) is 4.83. The van der Waals surface area contributed by atoms with Gasteiger partial charge in [0, 0.05) is 25.7 Å². The molecule has 1 aromatic rings. The van der Waals surface area contributed by atoms with Gasteiger partial charge in [0.25, 0.3) is 5.91 Å². The van der Waals surface area contributed by atoms with Crippen LogP contribution >= 0.6 is 0 Å². The number of guanidine groups is 1. The molecule has 0 fully saturated rings. The third-order valence-electron chi connectivity index (χ3n) is 3.55. The number of carbonyl (C=O) groups excluding carboxylic acids is 2. The van der Waals surface area contributed by atoms with Gasteiger partial charge in [0.1, 0.15) is 0 Å². The molecule has 0 spiro atoms. The number of hydrogen-bond donors (Lipinski definition) is 1. The lowest BCUT2D eigenvalue weighted by Crippen LogP contribution is -2.48. The van der Waals surface area contributed by atoms with E-state index in [4.69, 9.17) is 0 Å². The van der Waals surface area contributed by atoms with Gasteiger partial charge in [-0.3, -0.25) is 19.5 Å². The minimum absolute atomic E-state index is 0.0648. The first-order valence-electron chi connectivity index (χ1n) is 6.65. The van der Waals surface area contributed by atoms with Crippen LogP contribution in [0.15, 0.2) is 23.2 Å². The Kier molecular flexibility index (Phi) is 2.93. The molecule has 2 amide bonds. The van der Waals surface area contributed by atoms with Crippen LogP contribution in [0.25, 0.3) is 0 Å². The minimum atomic E-state index is -0.0931. The van der Waals surface area contributed by atoms with Gasteiger partial charge in [-0.15, -0.1) is 0 Å². The first-order chi connectivity index (χ1) is 9.61. The summed E-state index contributed by atoms with van der Waals surface area (Å²) in [6.45, 7) is 3.26. The van der Waals surface area contributed by atoms with Crippen molar-refractivity contribution in [3.05, 3.63) is 23.8 Å². The van der Waals surface area contributed by atoms with E-state index in [1.54, 1.807) is 24.9 Å². The number of benzene rings is 1. The molecular weight excluding hydrogens is 256 g/mol. The number of nitrogens with zero attached hydrogens (tertiary/aromatic N) is 3. The maximum atomic E-state index is 12.4. The Morgan fingerprint density at radius 3 is 3.00 bits per heavy atom. The van der Waals surface area contributed by atoms with Crippen LogP contribution in [-0.2, 0) is 4.79 Å². The Bertz CT molecular complexity index is 624. The topological polar surface area (TPSA) is 65.0 Å². The number of fused-ring (bicyclic) bond motifs is 3. The smallest absolute Gasteiger partial charge is 0.262 e. The van der Waals surface area contributed by atoms with E-state index in [9.17, 15) is 9.59 Å². The van der Waals surface area contributed by atoms with Crippen molar-refractivity contribution in [1.29, 1.82) is 0 Å². The lowest BCUT2D eigenvalue weighted by Gasteiger charge is -2.33. The quantitative estimate of drug-likeness (QED) is 0.882. The number of rotatable bonds is 2. The van der Waals surface area contributed by atoms with E-state index in [1.165, 1.54) is 0 Å². The Morgan fingerprint density at radius 1 is 1.45 bits per heavy atom. The summed E-state index contributed by atoms with van der Waals surface area (Å²) in [5.74, 6) is 0.544. The maximum Gasteiger partial charge on any atom is 0.262 e. The highest BCUT2D eigenvalue weighted by molar-refractivity contribution is 6.19. The van der Waals surface area contributed by atoms with Gasteiger partial charge in [0.15, 0.2) is 0 Å². The van der Waals surface area contributed by atoms with Gasteiger partial charge in [0.2, 0.25) is 11.9 Å². The van der Waals surface area contributed by atoms with Crippen molar-refractivity contribution in [3.8, 4) is 0 Å². The van der Waals surface area contributed by atoms with Gasteiger partial charge in [-0.05, 0) is 18.2 Å². The molecule has 1 aromatic carbocycles. The van der Waals surface area contributed by atoms with Gasteiger partial charge in [-0.25, -0.2) is 0 Å².